The largest absolute Gasteiger partial charge is 0.463 e. The second-order valence-electron chi connectivity index (χ2n) is 4.51. The molecule has 0 aromatic heterocycles. The average Bonchev–Trinajstić information content (AvgIpc) is 2.90. The molecule has 1 aliphatic rings. The molecule has 1 unspecified atom stereocenters. The predicted octanol–water partition coefficient (Wildman–Crippen LogP) is 0.435. The van der Waals surface area contributed by atoms with E-state index in [4.69, 9.17) is 4.74 Å². The van der Waals surface area contributed by atoms with Crippen LogP contribution >= 0.6 is 0 Å². The molecule has 118 valence electrons. The van der Waals surface area contributed by atoms with Crippen LogP contribution in [0.5, 0.6) is 0 Å². The third-order valence-corrected chi connectivity index (χ3v) is 3.86. The third-order valence-electron chi connectivity index (χ3n) is 2.82. The SMILES string of the molecule is O=C(CNS(=O)(=O)/C=C/c1ccccc1)OC1CCOC1=O. The zero-order valence-corrected chi connectivity index (χ0v) is 12.4. The van der Waals surface area contributed by atoms with E-state index in [0.717, 1.165) is 5.41 Å². The molecule has 0 bridgehead atoms. The topological polar surface area (TPSA) is 98.8 Å². The number of benzene rings is 1. The molecule has 0 aliphatic carbocycles. The molecule has 22 heavy (non-hydrogen) atoms. The molecule has 1 atom stereocenters. The highest BCUT2D eigenvalue weighted by atomic mass is 32.2. The molecule has 1 aliphatic heterocycles. The Bertz CT molecular complexity index is 668. The maximum Gasteiger partial charge on any atom is 0.347 e. The summed E-state index contributed by atoms with van der Waals surface area (Å²) in [6.45, 7) is -0.354. The number of rotatable bonds is 6. The molecule has 2 rings (SSSR count). The van der Waals surface area contributed by atoms with Gasteiger partial charge in [-0.25, -0.2) is 17.9 Å². The van der Waals surface area contributed by atoms with Crippen molar-refractivity contribution in [2.75, 3.05) is 13.2 Å². The lowest BCUT2D eigenvalue weighted by atomic mass is 10.2. The van der Waals surface area contributed by atoms with Gasteiger partial charge in [-0.15, -0.1) is 0 Å². The number of carbonyl (C=O) groups is 2. The van der Waals surface area contributed by atoms with Crippen molar-refractivity contribution < 1.29 is 27.5 Å². The lowest BCUT2D eigenvalue weighted by molar-refractivity contribution is -0.159. The van der Waals surface area contributed by atoms with Gasteiger partial charge >= 0.3 is 11.9 Å². The van der Waals surface area contributed by atoms with Crippen molar-refractivity contribution in [2.45, 2.75) is 12.5 Å². The first-order valence-corrected chi connectivity index (χ1v) is 8.10. The molecule has 1 aromatic rings. The summed E-state index contributed by atoms with van der Waals surface area (Å²) in [6.07, 6.45) is 0.740. The van der Waals surface area contributed by atoms with E-state index in [9.17, 15) is 18.0 Å². The van der Waals surface area contributed by atoms with Crippen molar-refractivity contribution in [1.82, 2.24) is 4.72 Å². The molecule has 1 heterocycles. The van der Waals surface area contributed by atoms with E-state index in [0.29, 0.717) is 5.56 Å². The van der Waals surface area contributed by atoms with Gasteiger partial charge in [-0.3, -0.25) is 4.79 Å². The van der Waals surface area contributed by atoms with E-state index in [2.05, 4.69) is 9.46 Å². The first-order chi connectivity index (χ1) is 10.5. The molecule has 1 aromatic carbocycles. The molecular weight excluding hydrogens is 310 g/mol. The van der Waals surface area contributed by atoms with Gasteiger partial charge in [0.25, 0.3) is 0 Å². The molecule has 0 radical (unpaired) electrons. The van der Waals surface area contributed by atoms with Gasteiger partial charge in [0.1, 0.15) is 6.54 Å². The average molecular weight is 325 g/mol. The van der Waals surface area contributed by atoms with Crippen LogP contribution in [0, 0.1) is 0 Å². The van der Waals surface area contributed by atoms with E-state index >= 15 is 0 Å². The Hall–Kier alpha value is -2.19. The summed E-state index contributed by atoms with van der Waals surface area (Å²) in [5.41, 5.74) is 0.712. The highest BCUT2D eigenvalue weighted by Gasteiger charge is 2.30. The van der Waals surface area contributed by atoms with Crippen LogP contribution in [0.25, 0.3) is 6.08 Å². The molecule has 1 N–H and O–H groups in total. The fourth-order valence-corrected chi connectivity index (χ4v) is 2.48. The zero-order valence-electron chi connectivity index (χ0n) is 11.6. The van der Waals surface area contributed by atoms with Crippen LogP contribution in [0.4, 0.5) is 0 Å². The second-order valence-corrected chi connectivity index (χ2v) is 6.17. The minimum Gasteiger partial charge on any atom is -0.463 e. The van der Waals surface area contributed by atoms with E-state index in [-0.39, 0.29) is 13.0 Å². The summed E-state index contributed by atoms with van der Waals surface area (Å²) in [4.78, 5) is 22.6. The van der Waals surface area contributed by atoms with Crippen molar-refractivity contribution in [3.8, 4) is 0 Å². The fourth-order valence-electron chi connectivity index (χ4n) is 1.72. The van der Waals surface area contributed by atoms with Gasteiger partial charge in [0.15, 0.2) is 0 Å². The Balaban J connectivity index is 1.83. The molecule has 1 fully saturated rings. The van der Waals surface area contributed by atoms with Crippen LogP contribution in [0.2, 0.25) is 0 Å². The number of hydrogen-bond donors (Lipinski definition) is 1. The standard InChI is InChI=1S/C14H15NO6S/c16-13(21-12-6-8-20-14(12)17)10-15-22(18,19)9-7-11-4-2-1-3-5-11/h1-5,7,9,12,15H,6,8,10H2/b9-7+. The van der Waals surface area contributed by atoms with E-state index in [1.165, 1.54) is 6.08 Å². The normalized spacial score (nSPS) is 18.4. The molecule has 0 saturated carbocycles. The monoisotopic (exact) mass is 325 g/mol. The second kappa shape index (κ2) is 7.19. The van der Waals surface area contributed by atoms with Crippen LogP contribution in [0.3, 0.4) is 0 Å². The molecule has 1 saturated heterocycles. The Morgan fingerprint density at radius 1 is 1.36 bits per heavy atom. The molecule has 0 amide bonds. The predicted molar refractivity (Wildman–Crippen MR) is 77.9 cm³/mol. The van der Waals surface area contributed by atoms with Gasteiger partial charge in [-0.05, 0) is 11.6 Å². The maximum atomic E-state index is 11.7. The molecule has 8 heteroatoms. The quantitative estimate of drug-likeness (QED) is 0.762. The Morgan fingerprint density at radius 2 is 2.09 bits per heavy atom. The van der Waals surface area contributed by atoms with Gasteiger partial charge in [-0.1, -0.05) is 30.3 Å². The van der Waals surface area contributed by atoms with Crippen molar-refractivity contribution in [2.24, 2.45) is 0 Å². The van der Waals surface area contributed by atoms with Gasteiger partial charge in [0.05, 0.1) is 6.61 Å². The minimum atomic E-state index is -3.77. The summed E-state index contributed by atoms with van der Waals surface area (Å²) >= 11 is 0. The van der Waals surface area contributed by atoms with Crippen LogP contribution < -0.4 is 4.72 Å². The van der Waals surface area contributed by atoms with Crippen LogP contribution in [-0.4, -0.2) is 39.6 Å². The molecule has 0 spiro atoms. The Labute approximate surface area is 128 Å². The number of carbonyl (C=O) groups excluding carboxylic acids is 2. The number of sulfonamides is 1. The lowest BCUT2D eigenvalue weighted by Gasteiger charge is -2.08. The number of hydrogen-bond acceptors (Lipinski definition) is 6. The minimum absolute atomic E-state index is 0.197. The smallest absolute Gasteiger partial charge is 0.347 e. The van der Waals surface area contributed by atoms with Gasteiger partial charge in [0, 0.05) is 11.8 Å². The first-order valence-electron chi connectivity index (χ1n) is 6.55. The number of ether oxygens (including phenoxy) is 2. The summed E-state index contributed by atoms with van der Waals surface area (Å²) in [6, 6.07) is 8.85. The van der Waals surface area contributed by atoms with Gasteiger partial charge < -0.3 is 9.47 Å². The maximum absolute atomic E-state index is 11.7. The Kier molecular flexibility index (Phi) is 5.29. The highest BCUT2D eigenvalue weighted by Crippen LogP contribution is 2.10. The van der Waals surface area contributed by atoms with E-state index in [1.54, 1.807) is 24.3 Å². The van der Waals surface area contributed by atoms with Crippen molar-refractivity contribution in [3.63, 3.8) is 0 Å². The molecular formula is C14H15NO6S. The third kappa shape index (κ3) is 4.97. The van der Waals surface area contributed by atoms with Crippen LogP contribution in [-0.2, 0) is 29.1 Å². The number of nitrogens with one attached hydrogen (secondary N) is 1. The lowest BCUT2D eigenvalue weighted by Crippen LogP contribution is -2.32. The van der Waals surface area contributed by atoms with Crippen molar-refractivity contribution in [3.05, 3.63) is 41.3 Å². The number of esters is 2. The van der Waals surface area contributed by atoms with Crippen molar-refractivity contribution in [1.29, 1.82) is 0 Å². The summed E-state index contributed by atoms with van der Waals surface area (Å²) < 4.78 is 35.0. The van der Waals surface area contributed by atoms with Crippen molar-refractivity contribution >= 4 is 28.0 Å². The fraction of sp³-hybridized carbons (Fsp3) is 0.286. The van der Waals surface area contributed by atoms with Crippen LogP contribution in [0.15, 0.2) is 35.7 Å². The van der Waals surface area contributed by atoms with Gasteiger partial charge in [-0.2, -0.15) is 0 Å². The van der Waals surface area contributed by atoms with Gasteiger partial charge in [0.2, 0.25) is 16.1 Å². The Morgan fingerprint density at radius 3 is 2.73 bits per heavy atom. The summed E-state index contributed by atoms with van der Waals surface area (Å²) in [5, 5.41) is 0.958. The summed E-state index contributed by atoms with van der Waals surface area (Å²) in [7, 11) is -3.77. The first kappa shape index (κ1) is 16.2. The van der Waals surface area contributed by atoms with E-state index in [1.807, 2.05) is 6.07 Å². The van der Waals surface area contributed by atoms with E-state index < -0.39 is 34.6 Å². The molecule has 7 nitrogen and oxygen atoms in total. The zero-order chi connectivity index (χ0) is 16.0. The van der Waals surface area contributed by atoms with Crippen LogP contribution in [0.1, 0.15) is 12.0 Å². The number of cyclic esters (lactones) is 1. The summed E-state index contributed by atoms with van der Waals surface area (Å²) in [5.74, 6) is -1.44. The highest BCUT2D eigenvalue weighted by molar-refractivity contribution is 7.92.